The third kappa shape index (κ3) is 4.22. The van der Waals surface area contributed by atoms with Crippen molar-refractivity contribution in [2.75, 3.05) is 13.1 Å². The molecular formula is C17H33NO. The maximum Gasteiger partial charge on any atom is 0.228 e. The average Bonchev–Trinajstić information content (AvgIpc) is 2.27. The van der Waals surface area contributed by atoms with Crippen LogP contribution in [0.5, 0.6) is 0 Å². The highest BCUT2D eigenvalue weighted by atomic mass is 16.2. The Morgan fingerprint density at radius 3 is 2.05 bits per heavy atom. The van der Waals surface area contributed by atoms with E-state index in [-0.39, 0.29) is 10.8 Å². The number of piperidine rings is 1. The minimum Gasteiger partial charge on any atom is -0.342 e. The fraction of sp³-hybridized carbons (Fsp3) is 0.941. The summed E-state index contributed by atoms with van der Waals surface area (Å²) in [7, 11) is 0. The summed E-state index contributed by atoms with van der Waals surface area (Å²) in [6.07, 6.45) is 3.29. The Hall–Kier alpha value is -0.530. The van der Waals surface area contributed by atoms with E-state index in [1.807, 2.05) is 0 Å². The summed E-state index contributed by atoms with van der Waals surface area (Å²) >= 11 is 0. The quantitative estimate of drug-likeness (QED) is 0.742. The maximum atomic E-state index is 12.8. The second-order valence-electron chi connectivity index (χ2n) is 8.18. The zero-order valence-electron chi connectivity index (χ0n) is 14.0. The molecule has 0 radical (unpaired) electrons. The number of nitrogens with zero attached hydrogens (tertiary/aromatic N) is 1. The van der Waals surface area contributed by atoms with Gasteiger partial charge in [-0.2, -0.15) is 0 Å². The van der Waals surface area contributed by atoms with Gasteiger partial charge < -0.3 is 4.90 Å². The first-order valence-electron chi connectivity index (χ1n) is 7.85. The number of carbonyl (C=O) groups excluding carboxylic acids is 1. The first-order chi connectivity index (χ1) is 8.56. The Bertz CT molecular complexity index is 309. The average molecular weight is 267 g/mol. The van der Waals surface area contributed by atoms with Crippen molar-refractivity contribution in [1.82, 2.24) is 4.90 Å². The van der Waals surface area contributed by atoms with Gasteiger partial charge in [0.1, 0.15) is 0 Å². The zero-order chi connectivity index (χ0) is 14.8. The predicted molar refractivity (Wildman–Crippen MR) is 82.0 cm³/mol. The lowest BCUT2D eigenvalue weighted by Gasteiger charge is -2.41. The summed E-state index contributed by atoms with van der Waals surface area (Å²) in [5.74, 6) is 1.73. The standard InChI is InChI=1S/C17H33NO/c1-13(2)16(4,5)12-17(6,7)15(19)18-10-8-14(3)9-11-18/h13-14H,8-12H2,1-7H3. The minimum absolute atomic E-state index is 0.211. The van der Waals surface area contributed by atoms with E-state index in [9.17, 15) is 4.79 Å². The highest BCUT2D eigenvalue weighted by Gasteiger charge is 2.39. The van der Waals surface area contributed by atoms with Crippen LogP contribution in [0, 0.1) is 22.7 Å². The van der Waals surface area contributed by atoms with Gasteiger partial charge >= 0.3 is 0 Å². The van der Waals surface area contributed by atoms with E-state index in [4.69, 9.17) is 0 Å². The maximum absolute atomic E-state index is 12.8. The molecule has 0 saturated carbocycles. The van der Waals surface area contributed by atoms with Crippen LogP contribution in [0.2, 0.25) is 0 Å². The number of likely N-dealkylation sites (tertiary alicyclic amines) is 1. The molecule has 112 valence electrons. The molecule has 0 spiro atoms. The highest BCUT2D eigenvalue weighted by Crippen LogP contribution is 2.40. The monoisotopic (exact) mass is 267 g/mol. The SMILES string of the molecule is CC1CCN(C(=O)C(C)(C)CC(C)(C)C(C)C)CC1. The first-order valence-corrected chi connectivity index (χ1v) is 7.85. The minimum atomic E-state index is -0.242. The van der Waals surface area contributed by atoms with Gasteiger partial charge in [-0.15, -0.1) is 0 Å². The van der Waals surface area contributed by atoms with Crippen molar-refractivity contribution in [3.63, 3.8) is 0 Å². The van der Waals surface area contributed by atoms with E-state index in [2.05, 4.69) is 53.4 Å². The lowest BCUT2D eigenvalue weighted by molar-refractivity contribution is -0.143. The van der Waals surface area contributed by atoms with E-state index in [0.717, 1.165) is 38.3 Å². The van der Waals surface area contributed by atoms with Crippen LogP contribution < -0.4 is 0 Å². The smallest absolute Gasteiger partial charge is 0.228 e. The van der Waals surface area contributed by atoms with Crippen molar-refractivity contribution in [2.24, 2.45) is 22.7 Å². The Balaban J connectivity index is 2.69. The van der Waals surface area contributed by atoms with Crippen LogP contribution in [-0.4, -0.2) is 23.9 Å². The third-order valence-corrected chi connectivity index (χ3v) is 5.11. The molecule has 19 heavy (non-hydrogen) atoms. The number of rotatable bonds is 4. The van der Waals surface area contributed by atoms with Crippen molar-refractivity contribution in [1.29, 1.82) is 0 Å². The zero-order valence-corrected chi connectivity index (χ0v) is 14.0. The second kappa shape index (κ2) is 5.85. The Morgan fingerprint density at radius 2 is 1.63 bits per heavy atom. The highest BCUT2D eigenvalue weighted by molar-refractivity contribution is 5.82. The Morgan fingerprint density at radius 1 is 1.16 bits per heavy atom. The third-order valence-electron chi connectivity index (χ3n) is 5.11. The molecule has 0 aliphatic carbocycles. The summed E-state index contributed by atoms with van der Waals surface area (Å²) in [4.78, 5) is 14.8. The van der Waals surface area contributed by atoms with Gasteiger partial charge in [-0.25, -0.2) is 0 Å². The molecule has 2 nitrogen and oxygen atoms in total. The van der Waals surface area contributed by atoms with Gasteiger partial charge in [0.05, 0.1) is 0 Å². The number of hydrogen-bond donors (Lipinski definition) is 0. The van der Waals surface area contributed by atoms with Crippen LogP contribution in [0.3, 0.4) is 0 Å². The fourth-order valence-corrected chi connectivity index (χ4v) is 3.06. The van der Waals surface area contributed by atoms with E-state index in [1.165, 1.54) is 0 Å². The Kier molecular flexibility index (Phi) is 5.08. The van der Waals surface area contributed by atoms with Crippen LogP contribution in [0.25, 0.3) is 0 Å². The summed E-state index contributed by atoms with van der Waals surface area (Å²) in [6.45, 7) is 17.5. The largest absolute Gasteiger partial charge is 0.342 e. The van der Waals surface area contributed by atoms with Crippen LogP contribution in [0.1, 0.15) is 67.7 Å². The van der Waals surface area contributed by atoms with Crippen LogP contribution in [-0.2, 0) is 4.79 Å². The molecule has 1 aliphatic heterocycles. The van der Waals surface area contributed by atoms with Gasteiger partial charge in [0, 0.05) is 18.5 Å². The molecule has 1 fully saturated rings. The number of carbonyl (C=O) groups is 1. The van der Waals surface area contributed by atoms with Gasteiger partial charge in [-0.1, -0.05) is 48.5 Å². The summed E-state index contributed by atoms with van der Waals surface area (Å²) in [5, 5.41) is 0. The molecule has 0 aromatic carbocycles. The number of hydrogen-bond acceptors (Lipinski definition) is 1. The molecule has 0 atom stereocenters. The molecular weight excluding hydrogens is 234 g/mol. The van der Waals surface area contributed by atoms with Gasteiger partial charge in [0.25, 0.3) is 0 Å². The molecule has 0 N–H and O–H groups in total. The molecule has 0 bridgehead atoms. The molecule has 0 aromatic heterocycles. The van der Waals surface area contributed by atoms with Crippen molar-refractivity contribution in [3.05, 3.63) is 0 Å². The molecule has 1 amide bonds. The van der Waals surface area contributed by atoms with Crippen LogP contribution in [0.4, 0.5) is 0 Å². The van der Waals surface area contributed by atoms with Crippen LogP contribution >= 0.6 is 0 Å². The Labute approximate surface area is 119 Å². The number of amides is 1. The normalized spacial score (nSPS) is 19.1. The van der Waals surface area contributed by atoms with Crippen molar-refractivity contribution in [3.8, 4) is 0 Å². The summed E-state index contributed by atoms with van der Waals surface area (Å²) in [6, 6.07) is 0. The molecule has 1 rings (SSSR count). The van der Waals surface area contributed by atoms with Gasteiger partial charge in [-0.05, 0) is 36.5 Å². The van der Waals surface area contributed by atoms with E-state index in [1.54, 1.807) is 0 Å². The fourth-order valence-electron chi connectivity index (χ4n) is 3.06. The van der Waals surface area contributed by atoms with E-state index >= 15 is 0 Å². The van der Waals surface area contributed by atoms with Gasteiger partial charge in [0.2, 0.25) is 5.91 Å². The molecule has 1 saturated heterocycles. The lowest BCUT2D eigenvalue weighted by atomic mass is 9.69. The van der Waals surface area contributed by atoms with Gasteiger partial charge in [0.15, 0.2) is 0 Å². The lowest BCUT2D eigenvalue weighted by Crippen LogP contribution is -2.46. The van der Waals surface area contributed by atoms with Crippen LogP contribution in [0.15, 0.2) is 0 Å². The summed E-state index contributed by atoms with van der Waals surface area (Å²) in [5.41, 5.74) is -0.0312. The van der Waals surface area contributed by atoms with E-state index < -0.39 is 0 Å². The first kappa shape index (κ1) is 16.5. The predicted octanol–water partition coefficient (Wildman–Crippen LogP) is 4.34. The summed E-state index contributed by atoms with van der Waals surface area (Å²) < 4.78 is 0. The molecule has 0 unspecified atom stereocenters. The molecule has 1 aliphatic rings. The molecule has 0 aromatic rings. The van der Waals surface area contributed by atoms with Crippen molar-refractivity contribution in [2.45, 2.75) is 67.7 Å². The second-order valence-corrected chi connectivity index (χ2v) is 8.18. The molecule has 2 heteroatoms. The van der Waals surface area contributed by atoms with Gasteiger partial charge in [-0.3, -0.25) is 4.79 Å². The topological polar surface area (TPSA) is 20.3 Å². The van der Waals surface area contributed by atoms with E-state index in [0.29, 0.717) is 11.8 Å². The van der Waals surface area contributed by atoms with Crippen molar-refractivity contribution >= 4 is 5.91 Å². The van der Waals surface area contributed by atoms with Crippen molar-refractivity contribution < 1.29 is 4.79 Å². The molecule has 1 heterocycles.